The molecule has 8 heteroatoms. The van der Waals surface area contributed by atoms with Crippen LogP contribution in [0.3, 0.4) is 0 Å². The first-order chi connectivity index (χ1) is 10.7. The summed E-state index contributed by atoms with van der Waals surface area (Å²) >= 11 is 1.42. The Bertz CT molecular complexity index is 683. The number of ether oxygens (including phenoxy) is 1. The number of nitrogens with one attached hydrogen (secondary N) is 1. The van der Waals surface area contributed by atoms with Gasteiger partial charge in [-0.2, -0.15) is 4.31 Å². The van der Waals surface area contributed by atoms with E-state index in [4.69, 9.17) is 4.74 Å². The largest absolute Gasteiger partial charge is 0.495 e. The van der Waals surface area contributed by atoms with Gasteiger partial charge in [0.25, 0.3) is 0 Å². The van der Waals surface area contributed by atoms with Crippen LogP contribution in [0.5, 0.6) is 5.75 Å². The van der Waals surface area contributed by atoms with E-state index in [0.717, 1.165) is 0 Å². The van der Waals surface area contributed by atoms with Crippen LogP contribution in [0.15, 0.2) is 29.2 Å². The zero-order chi connectivity index (χ0) is 17.3. The topological polar surface area (TPSA) is 75.7 Å². The zero-order valence-electron chi connectivity index (χ0n) is 13.7. The molecule has 1 heterocycles. The highest BCUT2D eigenvalue weighted by atomic mass is 32.2. The van der Waals surface area contributed by atoms with Crippen LogP contribution in [0.2, 0.25) is 0 Å². The second-order valence-corrected chi connectivity index (χ2v) is 9.16. The van der Waals surface area contributed by atoms with Crippen LogP contribution in [-0.2, 0) is 14.8 Å². The van der Waals surface area contributed by atoms with Crippen LogP contribution in [0, 0.1) is 0 Å². The number of para-hydroxylation sites is 1. The number of benzene rings is 1. The van der Waals surface area contributed by atoms with Gasteiger partial charge in [-0.3, -0.25) is 4.79 Å². The van der Waals surface area contributed by atoms with Gasteiger partial charge in [-0.1, -0.05) is 12.1 Å². The van der Waals surface area contributed by atoms with Crippen LogP contribution >= 0.6 is 11.8 Å². The highest BCUT2D eigenvalue weighted by Gasteiger charge is 2.41. The molecule has 6 nitrogen and oxygen atoms in total. The van der Waals surface area contributed by atoms with Gasteiger partial charge in [0.1, 0.15) is 16.7 Å². The summed E-state index contributed by atoms with van der Waals surface area (Å²) in [5.41, 5.74) is -0.412. The smallest absolute Gasteiger partial charge is 0.248 e. The molecular formula is C15H22N2O4S2. The molecule has 0 aliphatic carbocycles. The number of sulfonamides is 1. The molecule has 0 bridgehead atoms. The number of methoxy groups -OCH3 is 1. The third kappa shape index (κ3) is 3.99. The number of thioether (sulfide) groups is 1. The van der Waals surface area contributed by atoms with Crippen molar-refractivity contribution in [2.24, 2.45) is 0 Å². The minimum atomic E-state index is -3.80. The minimum Gasteiger partial charge on any atom is -0.495 e. The van der Waals surface area contributed by atoms with Crippen LogP contribution in [0.25, 0.3) is 0 Å². The van der Waals surface area contributed by atoms with Gasteiger partial charge < -0.3 is 10.1 Å². The fraction of sp³-hybridized carbons (Fsp3) is 0.533. The van der Waals surface area contributed by atoms with E-state index in [1.165, 1.54) is 29.2 Å². The quantitative estimate of drug-likeness (QED) is 0.886. The lowest BCUT2D eigenvalue weighted by Gasteiger charge is -2.27. The summed E-state index contributed by atoms with van der Waals surface area (Å²) in [6.07, 6.45) is 0. The number of nitrogens with zero attached hydrogens (tertiary/aromatic N) is 1. The Morgan fingerprint density at radius 1 is 1.35 bits per heavy atom. The summed E-state index contributed by atoms with van der Waals surface area (Å²) in [6, 6.07) is 5.73. The van der Waals surface area contributed by atoms with Crippen molar-refractivity contribution in [3.05, 3.63) is 24.3 Å². The Balaban J connectivity index is 2.33. The van der Waals surface area contributed by atoms with Crippen molar-refractivity contribution >= 4 is 27.7 Å². The maximum absolute atomic E-state index is 12.9. The van der Waals surface area contributed by atoms with Gasteiger partial charge in [0, 0.05) is 11.3 Å². The molecule has 128 valence electrons. The van der Waals surface area contributed by atoms with E-state index in [0.29, 0.717) is 5.75 Å². The summed E-state index contributed by atoms with van der Waals surface area (Å²) in [5.74, 6) is 0.694. The van der Waals surface area contributed by atoms with Gasteiger partial charge in [0.15, 0.2) is 0 Å². The third-order valence-corrected chi connectivity index (χ3v) is 6.37. The summed E-state index contributed by atoms with van der Waals surface area (Å²) < 4.78 is 32.3. The Labute approximate surface area is 141 Å². The molecule has 1 N–H and O–H groups in total. The van der Waals surface area contributed by atoms with Gasteiger partial charge in [-0.25, -0.2) is 8.42 Å². The maximum atomic E-state index is 12.9. The summed E-state index contributed by atoms with van der Waals surface area (Å²) in [7, 11) is -2.38. The average Bonchev–Trinajstić information content (AvgIpc) is 2.95. The maximum Gasteiger partial charge on any atom is 0.248 e. The Morgan fingerprint density at radius 3 is 2.61 bits per heavy atom. The molecule has 2 rings (SSSR count). The first-order valence-electron chi connectivity index (χ1n) is 7.21. The SMILES string of the molecule is COc1ccccc1S(=O)(=O)N1CSCC1C(=O)NC(C)(C)C. The van der Waals surface area contributed by atoms with Crippen LogP contribution in [0.1, 0.15) is 20.8 Å². The number of carbonyl (C=O) groups is 1. The molecule has 1 aliphatic rings. The molecular weight excluding hydrogens is 336 g/mol. The normalized spacial score (nSPS) is 19.6. The van der Waals surface area contributed by atoms with E-state index >= 15 is 0 Å². The molecule has 1 aromatic rings. The highest BCUT2D eigenvalue weighted by Crippen LogP contribution is 2.32. The van der Waals surface area contributed by atoms with Gasteiger partial charge in [-0.15, -0.1) is 11.8 Å². The minimum absolute atomic E-state index is 0.0820. The molecule has 1 unspecified atom stereocenters. The summed E-state index contributed by atoms with van der Waals surface area (Å²) in [5, 5.41) is 2.85. The lowest BCUT2D eigenvalue weighted by molar-refractivity contribution is -0.125. The van der Waals surface area contributed by atoms with E-state index in [-0.39, 0.29) is 22.4 Å². The van der Waals surface area contributed by atoms with Crippen molar-refractivity contribution in [3.63, 3.8) is 0 Å². The fourth-order valence-electron chi connectivity index (χ4n) is 2.28. The van der Waals surface area contributed by atoms with Crippen LogP contribution in [-0.4, -0.2) is 49.0 Å². The number of carbonyl (C=O) groups excluding carboxylic acids is 1. The van der Waals surface area contributed by atoms with Gasteiger partial charge >= 0.3 is 0 Å². The monoisotopic (exact) mass is 358 g/mol. The van der Waals surface area contributed by atoms with E-state index < -0.39 is 21.6 Å². The number of amides is 1. The van der Waals surface area contributed by atoms with E-state index in [1.54, 1.807) is 18.2 Å². The first kappa shape index (κ1) is 18.1. The summed E-state index contributed by atoms with van der Waals surface area (Å²) in [6.45, 7) is 5.60. The van der Waals surface area contributed by atoms with Gasteiger partial charge in [-0.05, 0) is 32.9 Å². The lowest BCUT2D eigenvalue weighted by Crippen LogP contribution is -2.52. The van der Waals surface area contributed by atoms with Crippen molar-refractivity contribution in [1.29, 1.82) is 0 Å². The van der Waals surface area contributed by atoms with Crippen molar-refractivity contribution < 1.29 is 17.9 Å². The van der Waals surface area contributed by atoms with Gasteiger partial charge in [0.2, 0.25) is 15.9 Å². The van der Waals surface area contributed by atoms with E-state index in [9.17, 15) is 13.2 Å². The standard InChI is InChI=1S/C15H22N2O4S2/c1-15(2,3)16-14(18)11-9-22-10-17(11)23(19,20)13-8-6-5-7-12(13)21-4/h5-8,11H,9-10H2,1-4H3,(H,16,18). The van der Waals surface area contributed by atoms with Crippen molar-refractivity contribution in [2.45, 2.75) is 37.2 Å². The highest BCUT2D eigenvalue weighted by molar-refractivity contribution is 8.00. The molecule has 0 radical (unpaired) electrons. The second kappa shape index (κ2) is 6.70. The predicted octanol–water partition coefficient (Wildman–Crippen LogP) is 1.67. The van der Waals surface area contributed by atoms with Crippen LogP contribution in [0.4, 0.5) is 0 Å². The van der Waals surface area contributed by atoms with Gasteiger partial charge in [0.05, 0.1) is 13.0 Å². The molecule has 1 fully saturated rings. The average molecular weight is 358 g/mol. The number of rotatable bonds is 4. The van der Waals surface area contributed by atoms with Crippen molar-refractivity contribution in [2.75, 3.05) is 18.7 Å². The Kier molecular flexibility index (Phi) is 5.27. The zero-order valence-corrected chi connectivity index (χ0v) is 15.3. The third-order valence-electron chi connectivity index (χ3n) is 3.30. The molecule has 1 atom stereocenters. The second-order valence-electron chi connectivity index (χ2n) is 6.30. The number of hydrogen-bond acceptors (Lipinski definition) is 5. The molecule has 1 amide bonds. The first-order valence-corrected chi connectivity index (χ1v) is 9.81. The Morgan fingerprint density at radius 2 is 2.00 bits per heavy atom. The molecule has 1 saturated heterocycles. The van der Waals surface area contributed by atoms with E-state index in [2.05, 4.69) is 5.32 Å². The van der Waals surface area contributed by atoms with Crippen LogP contribution < -0.4 is 10.1 Å². The van der Waals surface area contributed by atoms with Crippen molar-refractivity contribution in [1.82, 2.24) is 9.62 Å². The molecule has 1 aliphatic heterocycles. The molecule has 0 saturated carbocycles. The van der Waals surface area contributed by atoms with E-state index in [1.807, 2.05) is 20.8 Å². The molecule has 23 heavy (non-hydrogen) atoms. The number of hydrogen-bond donors (Lipinski definition) is 1. The molecule has 0 spiro atoms. The molecule has 0 aromatic heterocycles. The lowest BCUT2D eigenvalue weighted by atomic mass is 10.1. The summed E-state index contributed by atoms with van der Waals surface area (Å²) in [4.78, 5) is 12.5. The molecule has 1 aromatic carbocycles. The van der Waals surface area contributed by atoms with Crippen molar-refractivity contribution in [3.8, 4) is 5.75 Å². The Hall–Kier alpha value is -1.25. The predicted molar refractivity (Wildman–Crippen MR) is 91.0 cm³/mol. The fourth-order valence-corrected chi connectivity index (χ4v) is 5.59.